The normalized spacial score (nSPS) is 12.1. The fourth-order valence-corrected chi connectivity index (χ4v) is 4.21. The highest BCUT2D eigenvalue weighted by Gasteiger charge is 2.24. The predicted octanol–water partition coefficient (Wildman–Crippen LogP) is 2.46. The van der Waals surface area contributed by atoms with Crippen LogP contribution >= 0.6 is 11.8 Å². The van der Waals surface area contributed by atoms with E-state index in [0.717, 1.165) is 4.90 Å². The Morgan fingerprint density at radius 3 is 2.37 bits per heavy atom. The van der Waals surface area contributed by atoms with Crippen molar-refractivity contribution in [3.05, 3.63) is 54.1 Å². The number of Topliss-reactive ketones (excluding diaryl/α,β-unsaturated/α-hetero) is 1. The maximum absolute atomic E-state index is 12.4. The van der Waals surface area contributed by atoms with E-state index in [1.165, 1.54) is 43.8 Å². The first-order valence-electron chi connectivity index (χ1n) is 8.87. The highest BCUT2D eigenvalue weighted by atomic mass is 32.2. The highest BCUT2D eigenvalue weighted by molar-refractivity contribution is 7.98. The van der Waals surface area contributed by atoms with E-state index in [4.69, 9.17) is 4.74 Å². The molecule has 160 valence electrons. The van der Waals surface area contributed by atoms with Crippen molar-refractivity contribution in [1.82, 2.24) is 4.72 Å². The van der Waals surface area contributed by atoms with Gasteiger partial charge in [-0.2, -0.15) is 4.72 Å². The number of sulfonamides is 1. The Labute approximate surface area is 179 Å². The Bertz CT molecular complexity index is 1040. The predicted molar refractivity (Wildman–Crippen MR) is 114 cm³/mol. The number of rotatable bonds is 9. The number of benzene rings is 2. The van der Waals surface area contributed by atoms with E-state index in [0.29, 0.717) is 5.69 Å². The minimum absolute atomic E-state index is 0.0140. The monoisotopic (exact) mass is 450 g/mol. The molecule has 0 saturated heterocycles. The molecule has 0 fully saturated rings. The van der Waals surface area contributed by atoms with Crippen LogP contribution in [0.2, 0.25) is 0 Å². The van der Waals surface area contributed by atoms with Crippen molar-refractivity contribution in [2.45, 2.75) is 29.7 Å². The first kappa shape index (κ1) is 23.6. The van der Waals surface area contributed by atoms with E-state index < -0.39 is 34.4 Å². The zero-order chi connectivity index (χ0) is 22.3. The topological polar surface area (TPSA) is 119 Å². The average molecular weight is 451 g/mol. The number of thioether (sulfide) groups is 1. The summed E-state index contributed by atoms with van der Waals surface area (Å²) in [5.41, 5.74) is 0.734. The van der Waals surface area contributed by atoms with Crippen molar-refractivity contribution in [1.29, 1.82) is 0 Å². The molecule has 0 saturated carbocycles. The molecular formula is C20H22N2O6S2. The van der Waals surface area contributed by atoms with Gasteiger partial charge in [0.25, 0.3) is 0 Å². The lowest BCUT2D eigenvalue weighted by Gasteiger charge is -2.14. The van der Waals surface area contributed by atoms with Crippen LogP contribution in [0.25, 0.3) is 0 Å². The molecule has 10 heteroatoms. The maximum Gasteiger partial charge on any atom is 0.324 e. The first-order valence-corrected chi connectivity index (χ1v) is 11.6. The van der Waals surface area contributed by atoms with Crippen molar-refractivity contribution in [3.63, 3.8) is 0 Å². The number of ketones is 1. The maximum atomic E-state index is 12.4. The van der Waals surface area contributed by atoms with Gasteiger partial charge in [-0.25, -0.2) is 8.42 Å². The molecule has 8 nitrogen and oxygen atoms in total. The van der Waals surface area contributed by atoms with E-state index in [-0.39, 0.29) is 16.4 Å². The molecule has 30 heavy (non-hydrogen) atoms. The van der Waals surface area contributed by atoms with Gasteiger partial charge in [0.15, 0.2) is 12.4 Å². The molecule has 1 atom stereocenters. The molecule has 1 amide bonds. The molecule has 0 aliphatic rings. The summed E-state index contributed by atoms with van der Waals surface area (Å²) in [5.74, 6) is -1.65. The number of carbonyl (C=O) groups is 3. The molecule has 0 heterocycles. The van der Waals surface area contributed by atoms with Gasteiger partial charge < -0.3 is 10.1 Å². The van der Waals surface area contributed by atoms with Crippen LogP contribution in [0.5, 0.6) is 0 Å². The van der Waals surface area contributed by atoms with Gasteiger partial charge in [0, 0.05) is 17.4 Å². The molecule has 2 rings (SSSR count). The van der Waals surface area contributed by atoms with Crippen molar-refractivity contribution in [2.75, 3.05) is 18.2 Å². The smallest absolute Gasteiger partial charge is 0.324 e. The van der Waals surface area contributed by atoms with Gasteiger partial charge in [-0.3, -0.25) is 14.4 Å². The number of carbonyl (C=O) groups excluding carboxylic acids is 3. The Balaban J connectivity index is 2.00. The zero-order valence-corrected chi connectivity index (χ0v) is 18.3. The summed E-state index contributed by atoms with van der Waals surface area (Å²) in [7, 11) is -3.90. The van der Waals surface area contributed by atoms with E-state index in [9.17, 15) is 22.8 Å². The van der Waals surface area contributed by atoms with E-state index in [1.54, 1.807) is 30.3 Å². The standard InChI is InChI=1S/C20H22N2O6S2/c1-13(22-30(26,27)16-7-5-4-6-8-16)20(25)28-12-18(24)15-9-10-19(29-3)17(11-15)21-14(2)23/h4-11,13,22H,12H2,1-3H3,(H,21,23)/t13-/m0/s1. The van der Waals surface area contributed by atoms with Crippen LogP contribution in [0, 0.1) is 0 Å². The number of esters is 1. The van der Waals surface area contributed by atoms with Crippen LogP contribution in [-0.4, -0.2) is 45.0 Å². The number of hydrogen-bond donors (Lipinski definition) is 2. The summed E-state index contributed by atoms with van der Waals surface area (Å²) >= 11 is 1.41. The van der Waals surface area contributed by atoms with E-state index in [1.807, 2.05) is 6.26 Å². The lowest BCUT2D eigenvalue weighted by Crippen LogP contribution is -2.40. The summed E-state index contributed by atoms with van der Waals surface area (Å²) in [6.07, 6.45) is 1.84. The molecule has 0 aromatic heterocycles. The summed E-state index contributed by atoms with van der Waals surface area (Å²) in [6, 6.07) is 11.2. The summed E-state index contributed by atoms with van der Waals surface area (Å²) < 4.78 is 31.7. The molecule has 0 radical (unpaired) electrons. The molecule has 0 aliphatic carbocycles. The van der Waals surface area contributed by atoms with Gasteiger partial charge in [0.1, 0.15) is 6.04 Å². The van der Waals surface area contributed by atoms with E-state index in [2.05, 4.69) is 10.0 Å². The van der Waals surface area contributed by atoms with Crippen LogP contribution in [-0.2, 0) is 24.3 Å². The first-order chi connectivity index (χ1) is 14.1. The Morgan fingerprint density at radius 1 is 1.10 bits per heavy atom. The molecule has 0 unspecified atom stereocenters. The van der Waals surface area contributed by atoms with Gasteiger partial charge in [0.2, 0.25) is 15.9 Å². The zero-order valence-electron chi connectivity index (χ0n) is 16.7. The van der Waals surface area contributed by atoms with Gasteiger partial charge >= 0.3 is 5.97 Å². The molecule has 0 bridgehead atoms. The number of nitrogens with one attached hydrogen (secondary N) is 2. The lowest BCUT2D eigenvalue weighted by molar-refractivity contribution is -0.144. The van der Waals surface area contributed by atoms with Gasteiger partial charge in [0.05, 0.1) is 10.6 Å². The summed E-state index contributed by atoms with van der Waals surface area (Å²) in [5, 5.41) is 2.65. The Hall–Kier alpha value is -2.69. The van der Waals surface area contributed by atoms with Gasteiger partial charge in [-0.05, 0) is 37.4 Å². The third kappa shape index (κ3) is 6.41. The summed E-state index contributed by atoms with van der Waals surface area (Å²) in [4.78, 5) is 36.7. The third-order valence-electron chi connectivity index (χ3n) is 3.92. The van der Waals surface area contributed by atoms with Crippen LogP contribution in [0.1, 0.15) is 24.2 Å². The fraction of sp³-hybridized carbons (Fsp3) is 0.250. The minimum atomic E-state index is -3.90. The van der Waals surface area contributed by atoms with Crippen molar-refractivity contribution in [3.8, 4) is 0 Å². The minimum Gasteiger partial charge on any atom is -0.456 e. The van der Waals surface area contributed by atoms with Gasteiger partial charge in [-0.1, -0.05) is 24.3 Å². The molecular weight excluding hydrogens is 428 g/mol. The lowest BCUT2D eigenvalue weighted by atomic mass is 10.1. The number of amides is 1. The van der Waals surface area contributed by atoms with E-state index >= 15 is 0 Å². The molecule has 2 N–H and O–H groups in total. The van der Waals surface area contributed by atoms with Crippen LogP contribution in [0.3, 0.4) is 0 Å². The average Bonchev–Trinajstić information content (AvgIpc) is 2.71. The van der Waals surface area contributed by atoms with Crippen LogP contribution in [0.15, 0.2) is 58.3 Å². The van der Waals surface area contributed by atoms with Crippen LogP contribution < -0.4 is 10.0 Å². The Kier molecular flexibility index (Phi) is 8.16. The van der Waals surface area contributed by atoms with Crippen molar-refractivity contribution >= 4 is 45.1 Å². The van der Waals surface area contributed by atoms with Crippen molar-refractivity contribution < 1.29 is 27.5 Å². The molecule has 2 aromatic carbocycles. The quantitative estimate of drug-likeness (QED) is 0.342. The molecule has 0 aliphatic heterocycles. The number of anilines is 1. The second-order valence-electron chi connectivity index (χ2n) is 6.28. The second kappa shape index (κ2) is 10.4. The number of ether oxygens (including phenoxy) is 1. The number of hydrogen-bond acceptors (Lipinski definition) is 7. The fourth-order valence-electron chi connectivity index (χ4n) is 2.46. The SMILES string of the molecule is CSc1ccc(C(=O)COC(=O)[C@H](C)NS(=O)(=O)c2ccccc2)cc1NC(C)=O. The third-order valence-corrected chi connectivity index (χ3v) is 6.27. The summed E-state index contributed by atoms with van der Waals surface area (Å²) in [6.45, 7) is 2.13. The molecule has 0 spiro atoms. The highest BCUT2D eigenvalue weighted by Crippen LogP contribution is 2.26. The Morgan fingerprint density at radius 2 is 1.77 bits per heavy atom. The van der Waals surface area contributed by atoms with Gasteiger partial charge in [-0.15, -0.1) is 11.8 Å². The molecule has 2 aromatic rings. The van der Waals surface area contributed by atoms with Crippen molar-refractivity contribution in [2.24, 2.45) is 0 Å². The van der Waals surface area contributed by atoms with Crippen LogP contribution in [0.4, 0.5) is 5.69 Å². The second-order valence-corrected chi connectivity index (χ2v) is 8.85. The largest absolute Gasteiger partial charge is 0.456 e.